The number of ether oxygens (including phenoxy) is 3. The van der Waals surface area contributed by atoms with Crippen LogP contribution in [0.1, 0.15) is 94.0 Å². The summed E-state index contributed by atoms with van der Waals surface area (Å²) in [6.07, 6.45) is 3.05. The minimum Gasteiger partial charge on any atom is -0.449 e. The van der Waals surface area contributed by atoms with Gasteiger partial charge in [0.05, 0.1) is 36.6 Å². The smallest absolute Gasteiger partial charge is 0.407 e. The molecule has 0 bridgehead atoms. The number of alkyl carbamates (subject to hydrolysis) is 1. The SMILES string of the molecule is CC[C@H](C)[C@@H](CNC(=O)[C@@H](NC(=O)OCC1c2ccccc2-c2ccccc21)C(C)C)[C@@H](CC(=O)N1CCC[C@H]1[C@H](OC)[C@@H](C)C(=O)N[C@@H](Cc1ccccc1)c1nccs1)OC. The molecule has 1 aliphatic heterocycles. The van der Waals surface area contributed by atoms with Crippen LogP contribution in [0.25, 0.3) is 11.1 Å². The quantitative estimate of drug-likeness (QED) is 0.0765. The molecule has 63 heavy (non-hydrogen) atoms. The number of nitrogens with zero attached hydrogens (tertiary/aromatic N) is 2. The molecule has 4 aromatic rings. The molecule has 0 unspecified atom stereocenters. The van der Waals surface area contributed by atoms with Crippen molar-refractivity contribution < 1.29 is 33.4 Å². The van der Waals surface area contributed by atoms with E-state index in [1.807, 2.05) is 85.6 Å². The van der Waals surface area contributed by atoms with Gasteiger partial charge >= 0.3 is 6.09 Å². The zero-order valence-electron chi connectivity index (χ0n) is 37.8. The third-order valence-corrected chi connectivity index (χ3v) is 14.0. The van der Waals surface area contributed by atoms with Gasteiger partial charge in [-0.1, -0.05) is 120 Å². The predicted molar refractivity (Wildman–Crippen MR) is 246 cm³/mol. The molecule has 6 rings (SSSR count). The number of fused-ring (bicyclic) bond motifs is 3. The lowest BCUT2D eigenvalue weighted by molar-refractivity contribution is -0.143. The van der Waals surface area contributed by atoms with E-state index in [1.165, 1.54) is 11.3 Å². The van der Waals surface area contributed by atoms with Crippen LogP contribution in [0.3, 0.4) is 0 Å². The molecule has 2 aliphatic rings. The number of hydrogen-bond acceptors (Lipinski definition) is 9. The number of methoxy groups -OCH3 is 2. The third-order valence-electron chi connectivity index (χ3n) is 13.1. The van der Waals surface area contributed by atoms with E-state index >= 15 is 0 Å². The van der Waals surface area contributed by atoms with E-state index in [0.717, 1.165) is 45.7 Å². The van der Waals surface area contributed by atoms with Gasteiger partial charge in [-0.3, -0.25) is 14.4 Å². The second-order valence-corrected chi connectivity index (χ2v) is 18.3. The molecule has 1 aliphatic carbocycles. The Morgan fingerprint density at radius 3 is 2.13 bits per heavy atom. The van der Waals surface area contributed by atoms with Gasteiger partial charge in [0.2, 0.25) is 17.7 Å². The van der Waals surface area contributed by atoms with Crippen LogP contribution in [-0.2, 0) is 35.0 Å². The van der Waals surface area contributed by atoms with E-state index in [0.29, 0.717) is 19.4 Å². The van der Waals surface area contributed by atoms with Crippen molar-refractivity contribution in [2.24, 2.45) is 23.7 Å². The number of rotatable bonds is 21. The number of amides is 4. The molecular formula is C50H65N5O7S. The van der Waals surface area contributed by atoms with Crippen LogP contribution in [0.5, 0.6) is 0 Å². The van der Waals surface area contributed by atoms with Gasteiger partial charge in [0.15, 0.2) is 0 Å². The number of nitrogens with one attached hydrogen (secondary N) is 3. The van der Waals surface area contributed by atoms with Crippen LogP contribution in [0.15, 0.2) is 90.4 Å². The number of benzene rings is 3. The van der Waals surface area contributed by atoms with E-state index in [9.17, 15) is 19.2 Å². The lowest BCUT2D eigenvalue weighted by atomic mass is 9.84. The highest BCUT2D eigenvalue weighted by Crippen LogP contribution is 2.44. The van der Waals surface area contributed by atoms with Gasteiger partial charge < -0.3 is 35.1 Å². The molecule has 13 heteroatoms. The van der Waals surface area contributed by atoms with Crippen LogP contribution in [0.4, 0.5) is 4.79 Å². The van der Waals surface area contributed by atoms with Crippen LogP contribution in [0, 0.1) is 23.7 Å². The first-order chi connectivity index (χ1) is 30.4. The second kappa shape index (κ2) is 22.5. The molecule has 338 valence electrons. The second-order valence-electron chi connectivity index (χ2n) is 17.4. The fraction of sp³-hybridized carbons (Fsp3) is 0.500. The van der Waals surface area contributed by atoms with Crippen molar-refractivity contribution >= 4 is 35.2 Å². The number of carbonyl (C=O) groups excluding carboxylic acids is 4. The summed E-state index contributed by atoms with van der Waals surface area (Å²) in [5, 5.41) is 11.9. The maximum atomic E-state index is 14.3. The van der Waals surface area contributed by atoms with Gasteiger partial charge in [0.25, 0.3) is 0 Å². The van der Waals surface area contributed by atoms with Crippen LogP contribution >= 0.6 is 11.3 Å². The van der Waals surface area contributed by atoms with Crippen molar-refractivity contribution in [1.82, 2.24) is 25.8 Å². The lowest BCUT2D eigenvalue weighted by Gasteiger charge is -2.36. The van der Waals surface area contributed by atoms with Crippen molar-refractivity contribution in [3.05, 3.63) is 112 Å². The molecule has 4 amide bonds. The fourth-order valence-corrected chi connectivity index (χ4v) is 10.1. The summed E-state index contributed by atoms with van der Waals surface area (Å²) < 4.78 is 17.9. The Balaban J connectivity index is 1.05. The summed E-state index contributed by atoms with van der Waals surface area (Å²) in [5.41, 5.74) is 5.59. The molecule has 12 nitrogen and oxygen atoms in total. The molecule has 2 heterocycles. The average molecular weight is 880 g/mol. The number of carbonyl (C=O) groups is 4. The van der Waals surface area contributed by atoms with Crippen molar-refractivity contribution in [2.75, 3.05) is 33.9 Å². The monoisotopic (exact) mass is 879 g/mol. The molecule has 0 saturated carbocycles. The van der Waals surface area contributed by atoms with Crippen molar-refractivity contribution in [1.29, 1.82) is 0 Å². The molecule has 3 N–H and O–H groups in total. The summed E-state index contributed by atoms with van der Waals surface area (Å²) >= 11 is 1.51. The number of likely N-dealkylation sites (tertiary alicyclic amines) is 1. The maximum Gasteiger partial charge on any atom is 0.407 e. The number of aromatic nitrogens is 1. The Morgan fingerprint density at radius 1 is 0.857 bits per heavy atom. The zero-order chi connectivity index (χ0) is 45.0. The summed E-state index contributed by atoms with van der Waals surface area (Å²) in [6.45, 7) is 10.7. The van der Waals surface area contributed by atoms with Gasteiger partial charge in [-0.15, -0.1) is 11.3 Å². The first kappa shape index (κ1) is 47.4. The first-order valence-corrected chi connectivity index (χ1v) is 23.3. The van der Waals surface area contributed by atoms with Crippen LogP contribution < -0.4 is 16.0 Å². The summed E-state index contributed by atoms with van der Waals surface area (Å²) in [4.78, 5) is 61.7. The summed E-state index contributed by atoms with van der Waals surface area (Å²) in [5.74, 6) is -1.55. The van der Waals surface area contributed by atoms with Gasteiger partial charge in [0.1, 0.15) is 17.7 Å². The third kappa shape index (κ3) is 11.5. The van der Waals surface area contributed by atoms with Crippen LogP contribution in [0.2, 0.25) is 0 Å². The zero-order valence-corrected chi connectivity index (χ0v) is 38.6. The average Bonchev–Trinajstić information content (AvgIpc) is 4.08. The predicted octanol–water partition coefficient (Wildman–Crippen LogP) is 7.93. The Morgan fingerprint density at radius 2 is 1.52 bits per heavy atom. The summed E-state index contributed by atoms with van der Waals surface area (Å²) in [6, 6.07) is 24.9. The van der Waals surface area contributed by atoms with Gasteiger partial charge in [-0.25, -0.2) is 9.78 Å². The molecule has 1 fully saturated rings. The van der Waals surface area contributed by atoms with Crippen molar-refractivity contribution in [2.45, 2.75) is 103 Å². The van der Waals surface area contributed by atoms with Crippen molar-refractivity contribution in [3.8, 4) is 11.1 Å². The number of hydrogen-bond donors (Lipinski definition) is 3. The molecule has 0 radical (unpaired) electrons. The standard InChI is InChI=1S/C50H65N5O7S/c1-8-32(4)39(29-52-48(58)45(31(2)3)54-50(59)62-30-40-37-21-14-12-19-35(37)36-20-13-15-22-38(36)40)43(60-6)28-44(56)55-25-16-23-42(55)46(61-7)33(5)47(57)53-41(49-51-24-26-63-49)27-34-17-10-9-11-18-34/h9-15,17-22,24,26,31-33,39-43,45-46H,8,16,23,25,27-30H2,1-7H3,(H,52,58)(H,53,57)(H,54,59)/t32-,33+,39+,41-,42-,43+,45-,46+/m0/s1. The Bertz CT molecular complexity index is 2070. The molecule has 1 aromatic heterocycles. The van der Waals surface area contributed by atoms with Gasteiger partial charge in [-0.05, 0) is 58.9 Å². The lowest BCUT2D eigenvalue weighted by Crippen LogP contribution is -2.52. The molecule has 0 spiro atoms. The van der Waals surface area contributed by atoms with E-state index in [2.05, 4.69) is 59.0 Å². The van der Waals surface area contributed by atoms with Gasteiger partial charge in [0, 0.05) is 50.7 Å². The van der Waals surface area contributed by atoms with E-state index in [-0.39, 0.29) is 73.0 Å². The highest BCUT2D eigenvalue weighted by atomic mass is 32.1. The Hall–Kier alpha value is -5.11. The van der Waals surface area contributed by atoms with E-state index in [1.54, 1.807) is 20.4 Å². The summed E-state index contributed by atoms with van der Waals surface area (Å²) in [7, 11) is 3.20. The minimum absolute atomic E-state index is 0.0830. The fourth-order valence-electron chi connectivity index (χ4n) is 9.38. The topological polar surface area (TPSA) is 148 Å². The van der Waals surface area contributed by atoms with E-state index < -0.39 is 30.3 Å². The Kier molecular flexibility index (Phi) is 16.9. The highest BCUT2D eigenvalue weighted by Gasteiger charge is 2.42. The highest BCUT2D eigenvalue weighted by molar-refractivity contribution is 7.09. The maximum absolute atomic E-state index is 14.3. The number of thiazole rings is 1. The Labute approximate surface area is 376 Å². The van der Waals surface area contributed by atoms with Gasteiger partial charge in [-0.2, -0.15) is 0 Å². The van der Waals surface area contributed by atoms with Crippen LogP contribution in [-0.4, -0.2) is 91.9 Å². The van der Waals surface area contributed by atoms with Crippen molar-refractivity contribution in [3.63, 3.8) is 0 Å². The molecule has 3 aromatic carbocycles. The largest absolute Gasteiger partial charge is 0.449 e. The minimum atomic E-state index is -0.841. The molecule has 8 atom stereocenters. The molecule has 1 saturated heterocycles. The van der Waals surface area contributed by atoms with E-state index in [4.69, 9.17) is 14.2 Å². The molecular weight excluding hydrogens is 815 g/mol. The first-order valence-electron chi connectivity index (χ1n) is 22.4. The normalized spacial score (nSPS) is 18.0.